The van der Waals surface area contributed by atoms with Crippen LogP contribution in [0.2, 0.25) is 0 Å². The van der Waals surface area contributed by atoms with Crippen LogP contribution < -0.4 is 9.47 Å². The third-order valence-electron chi connectivity index (χ3n) is 8.86. The zero-order chi connectivity index (χ0) is 34.6. The standard InChI is InChI=1S/C45H62O4/c1-3-5-7-9-15-19-23-39-24-32-43(33-25-39)47-37-21-17-13-11-10-12-14-18-22-38-49-45(46)42-28-26-40(27-29-42)41-30-34-44(35-31-41)48-36-20-16-8-6-4-2/h24-35H,3-18,20-22,36-38H2,1-2H3. The minimum atomic E-state index is -0.243. The molecule has 0 fully saturated rings. The van der Waals surface area contributed by atoms with Crippen molar-refractivity contribution in [2.45, 2.75) is 136 Å². The fourth-order valence-electron chi connectivity index (χ4n) is 5.76. The van der Waals surface area contributed by atoms with Crippen molar-refractivity contribution in [3.8, 4) is 34.5 Å². The van der Waals surface area contributed by atoms with E-state index in [1.54, 1.807) is 0 Å². The molecule has 0 radical (unpaired) electrons. The van der Waals surface area contributed by atoms with E-state index >= 15 is 0 Å². The second-order valence-corrected chi connectivity index (χ2v) is 13.2. The Hall–Kier alpha value is -3.71. The number of benzene rings is 3. The summed E-state index contributed by atoms with van der Waals surface area (Å²) in [4.78, 5) is 12.5. The first-order chi connectivity index (χ1) is 24.2. The molecule has 0 aliphatic rings. The highest BCUT2D eigenvalue weighted by Gasteiger charge is 2.08. The highest BCUT2D eigenvalue weighted by molar-refractivity contribution is 5.90. The van der Waals surface area contributed by atoms with Crippen molar-refractivity contribution in [1.29, 1.82) is 0 Å². The fourth-order valence-corrected chi connectivity index (χ4v) is 5.76. The lowest BCUT2D eigenvalue weighted by molar-refractivity contribution is 0.0497. The van der Waals surface area contributed by atoms with E-state index in [1.165, 1.54) is 89.9 Å². The van der Waals surface area contributed by atoms with Gasteiger partial charge in [0.1, 0.15) is 11.5 Å². The van der Waals surface area contributed by atoms with Gasteiger partial charge in [0, 0.05) is 12.0 Å². The van der Waals surface area contributed by atoms with Gasteiger partial charge in [-0.05, 0) is 85.3 Å². The highest BCUT2D eigenvalue weighted by Crippen LogP contribution is 2.23. The summed E-state index contributed by atoms with van der Waals surface area (Å²) >= 11 is 0. The molecule has 3 aromatic carbocycles. The van der Waals surface area contributed by atoms with Crippen molar-refractivity contribution in [2.75, 3.05) is 19.8 Å². The smallest absolute Gasteiger partial charge is 0.338 e. The Labute approximate surface area is 298 Å². The topological polar surface area (TPSA) is 44.8 Å². The Kier molecular flexibility index (Phi) is 21.2. The first kappa shape index (κ1) is 39.7. The van der Waals surface area contributed by atoms with Gasteiger partial charge in [-0.2, -0.15) is 0 Å². The maximum atomic E-state index is 12.5. The van der Waals surface area contributed by atoms with Gasteiger partial charge in [-0.3, -0.25) is 0 Å². The summed E-state index contributed by atoms with van der Waals surface area (Å²) < 4.78 is 17.3. The molecule has 0 spiro atoms. The van der Waals surface area contributed by atoms with Crippen LogP contribution in [0.15, 0.2) is 72.8 Å². The Bertz CT molecular complexity index is 1320. The van der Waals surface area contributed by atoms with E-state index in [0.717, 1.165) is 73.5 Å². The van der Waals surface area contributed by atoms with Crippen molar-refractivity contribution < 1.29 is 19.0 Å². The normalized spacial score (nSPS) is 10.7. The molecule has 0 aliphatic carbocycles. The molecule has 3 rings (SSSR count). The molecule has 4 nitrogen and oxygen atoms in total. The summed E-state index contributed by atoms with van der Waals surface area (Å²) in [5, 5.41) is 0. The molecule has 0 aliphatic heterocycles. The number of hydrogen-bond donors (Lipinski definition) is 0. The van der Waals surface area contributed by atoms with Crippen molar-refractivity contribution in [3.63, 3.8) is 0 Å². The molecule has 0 N–H and O–H groups in total. The predicted molar refractivity (Wildman–Crippen MR) is 206 cm³/mol. The first-order valence-electron chi connectivity index (χ1n) is 19.4. The molecule has 4 heteroatoms. The molecule has 0 heterocycles. The van der Waals surface area contributed by atoms with Crippen LogP contribution >= 0.6 is 0 Å². The summed E-state index contributed by atoms with van der Waals surface area (Å²) in [6.07, 6.45) is 22.8. The SMILES string of the molecule is CCCCCCC#Cc1ccc(OCCCCCCCCCCCOC(=O)c2ccc(-c3ccc(OCCCCCCC)cc3)cc2)cc1. The van der Waals surface area contributed by atoms with E-state index in [-0.39, 0.29) is 5.97 Å². The third-order valence-corrected chi connectivity index (χ3v) is 8.86. The molecule has 0 aromatic heterocycles. The van der Waals surface area contributed by atoms with Crippen molar-refractivity contribution in [2.24, 2.45) is 0 Å². The zero-order valence-corrected chi connectivity index (χ0v) is 30.6. The molecule has 49 heavy (non-hydrogen) atoms. The molecule has 266 valence electrons. The molecule has 3 aromatic rings. The van der Waals surface area contributed by atoms with Gasteiger partial charge in [-0.1, -0.05) is 140 Å². The van der Waals surface area contributed by atoms with E-state index in [0.29, 0.717) is 12.2 Å². The largest absolute Gasteiger partial charge is 0.494 e. The molecule has 0 amide bonds. The Morgan fingerprint density at radius 1 is 0.490 bits per heavy atom. The van der Waals surface area contributed by atoms with Crippen LogP contribution in [0.4, 0.5) is 0 Å². The van der Waals surface area contributed by atoms with E-state index in [4.69, 9.17) is 14.2 Å². The van der Waals surface area contributed by atoms with Crippen LogP contribution in [0.1, 0.15) is 152 Å². The average Bonchev–Trinajstić information content (AvgIpc) is 3.14. The molecule has 0 saturated carbocycles. The van der Waals surface area contributed by atoms with Crippen LogP contribution in [0, 0.1) is 11.8 Å². The zero-order valence-electron chi connectivity index (χ0n) is 30.6. The summed E-state index contributed by atoms with van der Waals surface area (Å²) in [6, 6.07) is 24.1. The first-order valence-corrected chi connectivity index (χ1v) is 19.4. The summed E-state index contributed by atoms with van der Waals surface area (Å²) in [7, 11) is 0. The minimum Gasteiger partial charge on any atom is -0.494 e. The van der Waals surface area contributed by atoms with Gasteiger partial charge in [-0.15, -0.1) is 0 Å². The van der Waals surface area contributed by atoms with Crippen molar-refractivity contribution in [1.82, 2.24) is 0 Å². The lowest BCUT2D eigenvalue weighted by Gasteiger charge is -2.08. The van der Waals surface area contributed by atoms with Crippen LogP contribution in [0.3, 0.4) is 0 Å². The van der Waals surface area contributed by atoms with Crippen LogP contribution in [-0.4, -0.2) is 25.8 Å². The van der Waals surface area contributed by atoms with Crippen LogP contribution in [0.25, 0.3) is 11.1 Å². The number of esters is 1. The van der Waals surface area contributed by atoms with Crippen LogP contribution in [-0.2, 0) is 4.74 Å². The Morgan fingerprint density at radius 3 is 1.45 bits per heavy atom. The third kappa shape index (κ3) is 18.0. The van der Waals surface area contributed by atoms with Gasteiger partial charge in [0.05, 0.1) is 25.4 Å². The number of ether oxygens (including phenoxy) is 3. The number of rotatable bonds is 26. The lowest BCUT2D eigenvalue weighted by atomic mass is 10.0. The van der Waals surface area contributed by atoms with Gasteiger partial charge in [0.15, 0.2) is 0 Å². The Balaban J connectivity index is 1.14. The van der Waals surface area contributed by atoms with Crippen molar-refractivity contribution in [3.05, 3.63) is 83.9 Å². The second kappa shape index (κ2) is 26.2. The van der Waals surface area contributed by atoms with Gasteiger partial charge in [0.2, 0.25) is 0 Å². The predicted octanol–water partition coefficient (Wildman–Crippen LogP) is 12.8. The quantitative estimate of drug-likeness (QED) is 0.0486. The monoisotopic (exact) mass is 666 g/mol. The Morgan fingerprint density at radius 2 is 0.918 bits per heavy atom. The minimum absolute atomic E-state index is 0.243. The van der Waals surface area contributed by atoms with E-state index in [9.17, 15) is 4.79 Å². The maximum absolute atomic E-state index is 12.5. The van der Waals surface area contributed by atoms with Gasteiger partial charge < -0.3 is 14.2 Å². The summed E-state index contributed by atoms with van der Waals surface area (Å²) in [5.41, 5.74) is 3.85. The molecule has 0 atom stereocenters. The second-order valence-electron chi connectivity index (χ2n) is 13.2. The summed E-state index contributed by atoms with van der Waals surface area (Å²) in [6.45, 7) is 6.49. The van der Waals surface area contributed by atoms with E-state index in [1.807, 2.05) is 48.5 Å². The van der Waals surface area contributed by atoms with Crippen LogP contribution in [0.5, 0.6) is 11.5 Å². The molecule has 0 unspecified atom stereocenters. The lowest BCUT2D eigenvalue weighted by Crippen LogP contribution is -2.06. The van der Waals surface area contributed by atoms with Gasteiger partial charge >= 0.3 is 5.97 Å². The molecule has 0 saturated heterocycles. The highest BCUT2D eigenvalue weighted by atomic mass is 16.5. The maximum Gasteiger partial charge on any atom is 0.338 e. The van der Waals surface area contributed by atoms with Gasteiger partial charge in [0.25, 0.3) is 0 Å². The molecular weight excluding hydrogens is 604 g/mol. The number of carbonyl (C=O) groups excluding carboxylic acids is 1. The molecule has 0 bridgehead atoms. The number of carbonyl (C=O) groups is 1. The fraction of sp³-hybridized carbons (Fsp3) is 0.533. The van der Waals surface area contributed by atoms with Crippen molar-refractivity contribution >= 4 is 5.97 Å². The van der Waals surface area contributed by atoms with E-state index < -0.39 is 0 Å². The summed E-state index contributed by atoms with van der Waals surface area (Å²) in [5.74, 6) is 8.14. The number of unbranched alkanes of at least 4 members (excludes halogenated alkanes) is 16. The number of hydrogen-bond acceptors (Lipinski definition) is 4. The van der Waals surface area contributed by atoms with E-state index in [2.05, 4.69) is 50.0 Å². The molecular formula is C45H62O4. The van der Waals surface area contributed by atoms with Gasteiger partial charge in [-0.25, -0.2) is 4.79 Å². The average molecular weight is 667 g/mol.